The van der Waals surface area contributed by atoms with Gasteiger partial charge in [-0.1, -0.05) is 0 Å². The maximum Gasteiger partial charge on any atom is 0.209 e. The van der Waals surface area contributed by atoms with Crippen molar-refractivity contribution in [3.05, 3.63) is 47.8 Å². The van der Waals surface area contributed by atoms with Crippen LogP contribution < -0.4 is 11.5 Å². The van der Waals surface area contributed by atoms with Crippen LogP contribution in [-0.4, -0.2) is 10.8 Å². The van der Waals surface area contributed by atoms with E-state index in [-0.39, 0.29) is 5.78 Å². The summed E-state index contributed by atoms with van der Waals surface area (Å²) in [5, 5.41) is 0. The lowest BCUT2D eigenvalue weighted by Crippen LogP contribution is -2.03. The molecular formula is C11H11N3O. The second-order valence-corrected chi connectivity index (χ2v) is 3.30. The van der Waals surface area contributed by atoms with Crippen LogP contribution >= 0.6 is 0 Å². The van der Waals surface area contributed by atoms with E-state index in [0.717, 1.165) is 0 Å². The molecule has 0 unspecified atom stereocenters. The average molecular weight is 201 g/mol. The predicted octanol–water partition coefficient (Wildman–Crippen LogP) is 1.41. The molecule has 0 bridgehead atoms. The van der Waals surface area contributed by atoms with Gasteiger partial charge in [0.2, 0.25) is 5.78 Å². The molecule has 0 saturated carbocycles. The zero-order valence-electron chi connectivity index (χ0n) is 8.03. The number of anilines is 2. The van der Waals surface area contributed by atoms with Gasteiger partial charge in [0, 0.05) is 23.1 Å². The molecular weight excluding hydrogens is 190 g/mol. The van der Waals surface area contributed by atoms with Gasteiger partial charge >= 0.3 is 0 Å². The lowest BCUT2D eigenvalue weighted by atomic mass is 10.1. The molecule has 2 rings (SSSR count). The number of nitrogens with one attached hydrogen (secondary N) is 1. The zero-order chi connectivity index (χ0) is 10.8. The van der Waals surface area contributed by atoms with Gasteiger partial charge in [0.1, 0.15) is 0 Å². The van der Waals surface area contributed by atoms with Crippen LogP contribution in [0.4, 0.5) is 11.4 Å². The molecule has 15 heavy (non-hydrogen) atoms. The van der Waals surface area contributed by atoms with Gasteiger partial charge in [-0.15, -0.1) is 0 Å². The van der Waals surface area contributed by atoms with Crippen molar-refractivity contribution in [2.45, 2.75) is 0 Å². The smallest absolute Gasteiger partial charge is 0.209 e. The number of ketones is 1. The van der Waals surface area contributed by atoms with Crippen molar-refractivity contribution in [3.8, 4) is 0 Å². The molecule has 0 radical (unpaired) electrons. The fourth-order valence-corrected chi connectivity index (χ4v) is 1.43. The molecule has 0 amide bonds. The number of aromatic nitrogens is 1. The maximum atomic E-state index is 11.9. The monoisotopic (exact) mass is 201 g/mol. The van der Waals surface area contributed by atoms with E-state index in [9.17, 15) is 4.79 Å². The molecule has 1 heterocycles. The SMILES string of the molecule is Nc1cc(N)cc(C(=O)c2ccc[nH]2)c1. The van der Waals surface area contributed by atoms with Gasteiger partial charge in [0.15, 0.2) is 0 Å². The number of H-pyrrole nitrogens is 1. The van der Waals surface area contributed by atoms with E-state index in [4.69, 9.17) is 11.5 Å². The number of nitrogen functional groups attached to an aromatic ring is 2. The van der Waals surface area contributed by atoms with Gasteiger partial charge in [-0.2, -0.15) is 0 Å². The first-order valence-corrected chi connectivity index (χ1v) is 4.51. The Labute approximate surface area is 86.9 Å². The lowest BCUT2D eigenvalue weighted by Gasteiger charge is -2.02. The molecule has 5 N–H and O–H groups in total. The topological polar surface area (TPSA) is 84.9 Å². The molecule has 4 nitrogen and oxygen atoms in total. The van der Waals surface area contributed by atoms with Crippen LogP contribution in [0.5, 0.6) is 0 Å². The number of hydrogen-bond acceptors (Lipinski definition) is 3. The standard InChI is InChI=1S/C11H11N3O/c12-8-4-7(5-9(13)6-8)11(15)10-2-1-3-14-10/h1-6,14H,12-13H2. The molecule has 4 heteroatoms. The molecule has 2 aromatic rings. The molecule has 0 aliphatic carbocycles. The van der Waals surface area contributed by atoms with Crippen molar-refractivity contribution >= 4 is 17.2 Å². The van der Waals surface area contributed by atoms with Crippen molar-refractivity contribution in [2.75, 3.05) is 11.5 Å². The summed E-state index contributed by atoms with van der Waals surface area (Å²) < 4.78 is 0. The Morgan fingerprint density at radius 1 is 1.13 bits per heavy atom. The van der Waals surface area contributed by atoms with E-state index < -0.39 is 0 Å². The second-order valence-electron chi connectivity index (χ2n) is 3.30. The maximum absolute atomic E-state index is 11.9. The fraction of sp³-hybridized carbons (Fsp3) is 0. The minimum Gasteiger partial charge on any atom is -0.399 e. The average Bonchev–Trinajstić information content (AvgIpc) is 2.67. The van der Waals surface area contributed by atoms with E-state index in [1.165, 1.54) is 0 Å². The zero-order valence-corrected chi connectivity index (χ0v) is 8.03. The predicted molar refractivity (Wildman–Crippen MR) is 59.5 cm³/mol. The molecule has 0 fully saturated rings. The lowest BCUT2D eigenvalue weighted by molar-refractivity contribution is 0.103. The fourth-order valence-electron chi connectivity index (χ4n) is 1.43. The van der Waals surface area contributed by atoms with Gasteiger partial charge in [-0.05, 0) is 30.3 Å². The van der Waals surface area contributed by atoms with Crippen LogP contribution in [0.3, 0.4) is 0 Å². The summed E-state index contributed by atoms with van der Waals surface area (Å²) in [4.78, 5) is 14.7. The summed E-state index contributed by atoms with van der Waals surface area (Å²) in [6.07, 6.45) is 1.70. The largest absolute Gasteiger partial charge is 0.399 e. The molecule has 1 aromatic carbocycles. The highest BCUT2D eigenvalue weighted by Crippen LogP contribution is 2.16. The Morgan fingerprint density at radius 3 is 2.33 bits per heavy atom. The first kappa shape index (κ1) is 9.33. The minimum atomic E-state index is -0.112. The molecule has 0 spiro atoms. The molecule has 0 atom stereocenters. The first-order chi connectivity index (χ1) is 7.16. The number of rotatable bonds is 2. The number of hydrogen-bond donors (Lipinski definition) is 3. The van der Waals surface area contributed by atoms with Gasteiger partial charge in [-0.3, -0.25) is 4.79 Å². The normalized spacial score (nSPS) is 10.1. The van der Waals surface area contributed by atoms with E-state index in [1.807, 2.05) is 0 Å². The van der Waals surface area contributed by atoms with Gasteiger partial charge in [0.05, 0.1) is 5.69 Å². The summed E-state index contributed by atoms with van der Waals surface area (Å²) in [6, 6.07) is 8.31. The summed E-state index contributed by atoms with van der Waals surface area (Å²) in [6.45, 7) is 0. The Hall–Kier alpha value is -2.23. The number of nitrogens with two attached hydrogens (primary N) is 2. The summed E-state index contributed by atoms with van der Waals surface area (Å²) in [7, 11) is 0. The van der Waals surface area contributed by atoms with Crippen molar-refractivity contribution < 1.29 is 4.79 Å². The molecule has 1 aromatic heterocycles. The van der Waals surface area contributed by atoms with Crippen LogP contribution in [0.2, 0.25) is 0 Å². The van der Waals surface area contributed by atoms with Gasteiger partial charge in [-0.25, -0.2) is 0 Å². The highest BCUT2D eigenvalue weighted by molar-refractivity contribution is 6.08. The van der Waals surface area contributed by atoms with Crippen LogP contribution in [-0.2, 0) is 0 Å². The van der Waals surface area contributed by atoms with E-state index >= 15 is 0 Å². The molecule has 0 saturated heterocycles. The van der Waals surface area contributed by atoms with Crippen molar-refractivity contribution in [1.29, 1.82) is 0 Å². The molecule has 0 aliphatic rings. The van der Waals surface area contributed by atoms with Crippen molar-refractivity contribution in [3.63, 3.8) is 0 Å². The van der Waals surface area contributed by atoms with Crippen LogP contribution in [0, 0.1) is 0 Å². The van der Waals surface area contributed by atoms with Gasteiger partial charge < -0.3 is 16.5 Å². The summed E-state index contributed by atoms with van der Waals surface area (Å²) in [5.41, 5.74) is 13.2. The summed E-state index contributed by atoms with van der Waals surface area (Å²) >= 11 is 0. The highest BCUT2D eigenvalue weighted by atomic mass is 16.1. The Morgan fingerprint density at radius 2 is 1.80 bits per heavy atom. The first-order valence-electron chi connectivity index (χ1n) is 4.51. The molecule has 0 aliphatic heterocycles. The van der Waals surface area contributed by atoms with Crippen LogP contribution in [0.25, 0.3) is 0 Å². The van der Waals surface area contributed by atoms with Crippen molar-refractivity contribution in [1.82, 2.24) is 4.98 Å². The van der Waals surface area contributed by atoms with Crippen molar-refractivity contribution in [2.24, 2.45) is 0 Å². The summed E-state index contributed by atoms with van der Waals surface area (Å²) in [5.74, 6) is -0.112. The van der Waals surface area contributed by atoms with E-state index in [0.29, 0.717) is 22.6 Å². The quantitative estimate of drug-likeness (QED) is 0.507. The van der Waals surface area contributed by atoms with E-state index in [2.05, 4.69) is 4.98 Å². The molecule has 76 valence electrons. The van der Waals surface area contributed by atoms with Crippen LogP contribution in [0.15, 0.2) is 36.5 Å². The Bertz CT molecular complexity index is 468. The third-order valence-electron chi connectivity index (χ3n) is 2.08. The van der Waals surface area contributed by atoms with Crippen LogP contribution in [0.1, 0.15) is 16.1 Å². The highest BCUT2D eigenvalue weighted by Gasteiger charge is 2.10. The second kappa shape index (κ2) is 3.49. The Balaban J connectivity index is 2.42. The third kappa shape index (κ3) is 1.83. The van der Waals surface area contributed by atoms with Gasteiger partial charge in [0.25, 0.3) is 0 Å². The number of carbonyl (C=O) groups excluding carboxylic acids is 1. The number of carbonyl (C=O) groups is 1. The van der Waals surface area contributed by atoms with E-state index in [1.54, 1.807) is 36.5 Å². The number of benzene rings is 1. The minimum absolute atomic E-state index is 0.112. The third-order valence-corrected chi connectivity index (χ3v) is 2.08. The Kier molecular flexibility index (Phi) is 2.17. The number of aromatic amines is 1.